The predicted octanol–water partition coefficient (Wildman–Crippen LogP) is 1.45. The number of hydrogen-bond acceptors (Lipinski definition) is 5. The Morgan fingerprint density at radius 3 is 2.88 bits per heavy atom. The van der Waals surface area contributed by atoms with Gasteiger partial charge in [-0.15, -0.1) is 0 Å². The number of benzene rings is 1. The Kier molecular flexibility index (Phi) is 9.16. The number of nitrogens with zero attached hydrogens (tertiary/aromatic N) is 1. The van der Waals surface area contributed by atoms with Crippen molar-refractivity contribution in [3.63, 3.8) is 0 Å². The molecule has 2 N–H and O–H groups in total. The Balaban J connectivity index is 1.70. The van der Waals surface area contributed by atoms with Crippen LogP contribution in [0.1, 0.15) is 17.5 Å². The molecule has 0 atom stereocenters. The van der Waals surface area contributed by atoms with Crippen molar-refractivity contribution in [3.8, 4) is 5.75 Å². The first-order valence-corrected chi connectivity index (χ1v) is 8.77. The Hall–Kier alpha value is -1.90. The van der Waals surface area contributed by atoms with Gasteiger partial charge < -0.3 is 29.6 Å². The van der Waals surface area contributed by atoms with E-state index in [1.54, 1.807) is 14.2 Å². The first-order valence-electron chi connectivity index (χ1n) is 8.77. The molecule has 0 fully saturated rings. The molecule has 26 heavy (non-hydrogen) atoms. The third kappa shape index (κ3) is 6.78. The zero-order valence-corrected chi connectivity index (χ0v) is 15.5. The number of nitrogens with one attached hydrogen (secondary N) is 2. The van der Waals surface area contributed by atoms with Gasteiger partial charge in [-0.05, 0) is 30.5 Å². The van der Waals surface area contributed by atoms with E-state index < -0.39 is 0 Å². The maximum Gasteiger partial charge on any atom is 0.190 e. The molecule has 0 saturated carbocycles. The van der Waals surface area contributed by atoms with Gasteiger partial charge in [0, 0.05) is 39.4 Å². The van der Waals surface area contributed by atoms with Crippen LogP contribution in [-0.2, 0) is 27.2 Å². The van der Waals surface area contributed by atoms with Crippen LogP contribution in [0.25, 0.3) is 0 Å². The van der Waals surface area contributed by atoms with Gasteiger partial charge in [0.2, 0.25) is 0 Å². The first-order chi connectivity index (χ1) is 12.7. The number of halogens is 1. The van der Waals surface area contributed by atoms with Crippen LogP contribution in [0.15, 0.2) is 17.1 Å². The zero-order chi connectivity index (χ0) is 18.6. The Morgan fingerprint density at radius 1 is 1.23 bits per heavy atom. The Bertz CT molecular complexity index is 584. The number of aliphatic imine (C=N–C) groups is 1. The van der Waals surface area contributed by atoms with Crippen LogP contribution in [0.5, 0.6) is 5.75 Å². The minimum Gasteiger partial charge on any atom is -0.467 e. The third-order valence-corrected chi connectivity index (χ3v) is 3.85. The van der Waals surface area contributed by atoms with E-state index in [1.165, 1.54) is 12.1 Å². The molecule has 1 aromatic rings. The SMILES string of the molecule is CN=C(NCCCOCCOC)NCCc1cc(F)cc2c1OCOC2. The normalized spacial score (nSPS) is 13.9. The minimum atomic E-state index is -0.274. The monoisotopic (exact) mass is 369 g/mol. The molecule has 1 aliphatic rings. The van der Waals surface area contributed by atoms with E-state index in [0.29, 0.717) is 45.4 Å². The molecule has 0 radical (unpaired) electrons. The summed E-state index contributed by atoms with van der Waals surface area (Å²) in [5, 5.41) is 6.45. The van der Waals surface area contributed by atoms with Crippen molar-refractivity contribution in [2.45, 2.75) is 19.4 Å². The van der Waals surface area contributed by atoms with Crippen LogP contribution < -0.4 is 15.4 Å². The molecule has 1 aliphatic heterocycles. The molecule has 2 rings (SSSR count). The van der Waals surface area contributed by atoms with E-state index in [1.807, 2.05) is 0 Å². The summed E-state index contributed by atoms with van der Waals surface area (Å²) in [6.45, 7) is 3.83. The first kappa shape index (κ1) is 20.4. The molecule has 0 aromatic heterocycles. The quantitative estimate of drug-likeness (QED) is 0.370. The highest BCUT2D eigenvalue weighted by atomic mass is 19.1. The average molecular weight is 369 g/mol. The molecule has 1 heterocycles. The lowest BCUT2D eigenvalue weighted by Gasteiger charge is -2.21. The fourth-order valence-electron chi connectivity index (χ4n) is 2.60. The van der Waals surface area contributed by atoms with Crippen molar-refractivity contribution in [1.29, 1.82) is 0 Å². The summed E-state index contributed by atoms with van der Waals surface area (Å²) in [6.07, 6.45) is 1.50. The van der Waals surface area contributed by atoms with Gasteiger partial charge in [0.1, 0.15) is 11.6 Å². The van der Waals surface area contributed by atoms with Gasteiger partial charge in [-0.3, -0.25) is 4.99 Å². The number of hydrogen-bond donors (Lipinski definition) is 2. The van der Waals surface area contributed by atoms with Gasteiger partial charge in [0.25, 0.3) is 0 Å². The summed E-state index contributed by atoms with van der Waals surface area (Å²) in [5.74, 6) is 1.16. The van der Waals surface area contributed by atoms with Crippen LogP contribution in [0.2, 0.25) is 0 Å². The maximum atomic E-state index is 13.7. The molecular weight excluding hydrogens is 341 g/mol. The number of methoxy groups -OCH3 is 1. The van der Waals surface area contributed by atoms with Crippen LogP contribution in [0.4, 0.5) is 4.39 Å². The van der Waals surface area contributed by atoms with Crippen molar-refractivity contribution in [2.24, 2.45) is 4.99 Å². The lowest BCUT2D eigenvalue weighted by atomic mass is 10.1. The second-order valence-corrected chi connectivity index (χ2v) is 5.80. The lowest BCUT2D eigenvalue weighted by Crippen LogP contribution is -2.39. The Labute approximate surface area is 153 Å². The topological polar surface area (TPSA) is 73.3 Å². The third-order valence-electron chi connectivity index (χ3n) is 3.85. The van der Waals surface area contributed by atoms with Crippen LogP contribution >= 0.6 is 0 Å². The number of ether oxygens (including phenoxy) is 4. The molecule has 0 spiro atoms. The second-order valence-electron chi connectivity index (χ2n) is 5.80. The second kappa shape index (κ2) is 11.7. The highest BCUT2D eigenvalue weighted by molar-refractivity contribution is 5.79. The summed E-state index contributed by atoms with van der Waals surface area (Å²) < 4.78 is 34.8. The molecule has 0 bridgehead atoms. The smallest absolute Gasteiger partial charge is 0.190 e. The van der Waals surface area contributed by atoms with Gasteiger partial charge in [-0.25, -0.2) is 4.39 Å². The minimum absolute atomic E-state index is 0.203. The standard InChI is InChI=1S/C18H28FN3O4/c1-20-18(21-5-3-7-24-9-8-23-2)22-6-4-14-10-16(19)11-15-12-25-13-26-17(14)15/h10-11H,3-9,12-13H2,1-2H3,(H2,20,21,22). The molecular formula is C18H28FN3O4. The molecule has 1 aromatic carbocycles. The van der Waals surface area contributed by atoms with E-state index in [4.69, 9.17) is 18.9 Å². The zero-order valence-electron chi connectivity index (χ0n) is 15.5. The average Bonchev–Trinajstić information content (AvgIpc) is 2.65. The van der Waals surface area contributed by atoms with E-state index in [9.17, 15) is 4.39 Å². The van der Waals surface area contributed by atoms with Crippen LogP contribution in [0.3, 0.4) is 0 Å². The molecule has 0 unspecified atom stereocenters. The Morgan fingerprint density at radius 2 is 2.08 bits per heavy atom. The lowest BCUT2D eigenvalue weighted by molar-refractivity contribution is -0.0172. The molecule has 0 saturated heterocycles. The van der Waals surface area contributed by atoms with Crippen molar-refractivity contribution < 1.29 is 23.3 Å². The van der Waals surface area contributed by atoms with Crippen molar-refractivity contribution in [2.75, 3.05) is 53.9 Å². The predicted molar refractivity (Wildman–Crippen MR) is 97.1 cm³/mol. The van der Waals surface area contributed by atoms with Gasteiger partial charge in [0.15, 0.2) is 12.8 Å². The fourth-order valence-corrected chi connectivity index (χ4v) is 2.60. The summed E-state index contributed by atoms with van der Waals surface area (Å²) in [5.41, 5.74) is 1.58. The number of fused-ring (bicyclic) bond motifs is 1. The van der Waals surface area contributed by atoms with Gasteiger partial charge in [0.05, 0.1) is 19.8 Å². The van der Waals surface area contributed by atoms with E-state index in [-0.39, 0.29) is 12.6 Å². The number of guanidine groups is 1. The van der Waals surface area contributed by atoms with Crippen molar-refractivity contribution in [3.05, 3.63) is 29.1 Å². The summed E-state index contributed by atoms with van der Waals surface area (Å²) in [4.78, 5) is 4.18. The molecule has 7 nitrogen and oxygen atoms in total. The number of rotatable bonds is 10. The van der Waals surface area contributed by atoms with Gasteiger partial charge in [-0.2, -0.15) is 0 Å². The largest absolute Gasteiger partial charge is 0.467 e. The van der Waals surface area contributed by atoms with Crippen LogP contribution in [0, 0.1) is 5.82 Å². The molecule has 8 heteroatoms. The maximum absolute atomic E-state index is 13.7. The molecule has 0 amide bonds. The van der Waals surface area contributed by atoms with Gasteiger partial charge >= 0.3 is 0 Å². The van der Waals surface area contributed by atoms with E-state index in [0.717, 1.165) is 29.8 Å². The summed E-state index contributed by atoms with van der Waals surface area (Å²) in [6, 6.07) is 2.97. The highest BCUT2D eigenvalue weighted by Crippen LogP contribution is 2.29. The summed E-state index contributed by atoms with van der Waals surface area (Å²) in [7, 11) is 3.37. The van der Waals surface area contributed by atoms with Gasteiger partial charge in [-0.1, -0.05) is 0 Å². The summed E-state index contributed by atoms with van der Waals surface area (Å²) >= 11 is 0. The molecule has 146 valence electrons. The molecule has 0 aliphatic carbocycles. The van der Waals surface area contributed by atoms with Crippen molar-refractivity contribution in [1.82, 2.24) is 10.6 Å². The fraction of sp³-hybridized carbons (Fsp3) is 0.611. The van der Waals surface area contributed by atoms with E-state index >= 15 is 0 Å². The van der Waals surface area contributed by atoms with E-state index in [2.05, 4.69) is 15.6 Å². The highest BCUT2D eigenvalue weighted by Gasteiger charge is 2.16. The van der Waals surface area contributed by atoms with Crippen LogP contribution in [-0.4, -0.2) is 59.8 Å². The van der Waals surface area contributed by atoms with Crippen molar-refractivity contribution >= 4 is 5.96 Å².